The minimum Gasteiger partial charge on any atom is -0.497 e. The fourth-order valence-electron chi connectivity index (χ4n) is 3.12. The Morgan fingerprint density at radius 3 is 1.17 bits per heavy atom. The van der Waals surface area contributed by atoms with Crippen molar-refractivity contribution in [1.82, 2.24) is 21.7 Å². The second-order valence-corrected chi connectivity index (χ2v) is 7.63. The molecule has 4 amide bonds. The Balaban J connectivity index is 1.42. The van der Waals surface area contributed by atoms with Crippen LogP contribution in [0.1, 0.15) is 31.8 Å². The lowest BCUT2D eigenvalue weighted by atomic mass is 10.1. The maximum absolute atomic E-state index is 12.3. The highest BCUT2D eigenvalue weighted by Crippen LogP contribution is 2.12. The Kier molecular flexibility index (Phi) is 8.99. The summed E-state index contributed by atoms with van der Waals surface area (Å²) in [5, 5.41) is 0. The Morgan fingerprint density at radius 2 is 0.861 bits per heavy atom. The number of hydrogen-bond donors (Lipinski definition) is 4. The van der Waals surface area contributed by atoms with E-state index < -0.39 is 23.6 Å². The fraction of sp³-hybridized carbons (Fsp3) is 0.154. The molecule has 3 rings (SSSR count). The number of hydrogen-bond acceptors (Lipinski definition) is 6. The Hall–Kier alpha value is -4.86. The Morgan fingerprint density at radius 1 is 0.528 bits per heavy atom. The molecule has 0 bridgehead atoms. The van der Waals surface area contributed by atoms with Crippen LogP contribution in [-0.4, -0.2) is 37.8 Å². The van der Waals surface area contributed by atoms with Crippen LogP contribution >= 0.6 is 0 Å². The van der Waals surface area contributed by atoms with E-state index in [4.69, 9.17) is 9.47 Å². The van der Waals surface area contributed by atoms with E-state index >= 15 is 0 Å². The number of nitrogens with one attached hydrogen (secondary N) is 4. The van der Waals surface area contributed by atoms with Crippen molar-refractivity contribution in [3.63, 3.8) is 0 Å². The SMILES string of the molecule is COc1ccc(CC(=O)NNC(=O)c2ccc(C(=O)NNC(=O)Cc3ccc(OC)cc3)cc2)cc1. The predicted molar refractivity (Wildman–Crippen MR) is 131 cm³/mol. The van der Waals surface area contributed by atoms with Crippen LogP contribution in [0.2, 0.25) is 0 Å². The van der Waals surface area contributed by atoms with Gasteiger partial charge in [-0.05, 0) is 59.7 Å². The largest absolute Gasteiger partial charge is 0.497 e. The molecule has 0 saturated heterocycles. The Labute approximate surface area is 207 Å². The van der Waals surface area contributed by atoms with Gasteiger partial charge in [-0.15, -0.1) is 0 Å². The summed E-state index contributed by atoms with van der Waals surface area (Å²) in [6, 6.07) is 19.7. The standard InChI is InChI=1S/C26H26N4O6/c1-35-21-11-3-17(4-12-21)15-23(31)27-29-25(33)19-7-9-20(10-8-19)26(34)30-28-24(32)16-18-5-13-22(36-2)14-6-18/h3-14H,15-16H2,1-2H3,(H,27,31)(H,28,32)(H,29,33)(H,30,34). The molecule has 0 saturated carbocycles. The topological polar surface area (TPSA) is 135 Å². The number of amides is 4. The van der Waals surface area contributed by atoms with Gasteiger partial charge in [0.05, 0.1) is 27.1 Å². The first-order valence-corrected chi connectivity index (χ1v) is 10.9. The molecule has 0 spiro atoms. The molecule has 36 heavy (non-hydrogen) atoms. The zero-order valence-electron chi connectivity index (χ0n) is 19.8. The Bertz CT molecular complexity index is 1110. The van der Waals surface area contributed by atoms with Crippen LogP contribution in [0, 0.1) is 0 Å². The van der Waals surface area contributed by atoms with Gasteiger partial charge in [-0.25, -0.2) is 0 Å². The third-order valence-corrected chi connectivity index (χ3v) is 5.09. The van der Waals surface area contributed by atoms with Crippen molar-refractivity contribution >= 4 is 23.6 Å². The molecule has 0 aliphatic heterocycles. The van der Waals surface area contributed by atoms with Crippen molar-refractivity contribution in [2.24, 2.45) is 0 Å². The number of methoxy groups -OCH3 is 2. The van der Waals surface area contributed by atoms with Crippen molar-refractivity contribution in [2.45, 2.75) is 12.8 Å². The summed E-state index contributed by atoms with van der Waals surface area (Å²) >= 11 is 0. The molecular formula is C26H26N4O6. The molecule has 3 aromatic carbocycles. The van der Waals surface area contributed by atoms with Crippen molar-refractivity contribution in [3.05, 3.63) is 95.1 Å². The number of ether oxygens (including phenoxy) is 2. The van der Waals surface area contributed by atoms with Crippen molar-refractivity contribution in [1.29, 1.82) is 0 Å². The third kappa shape index (κ3) is 7.59. The minimum absolute atomic E-state index is 0.0770. The molecule has 0 radical (unpaired) electrons. The summed E-state index contributed by atoms with van der Waals surface area (Å²) in [5.41, 5.74) is 11.4. The number of carbonyl (C=O) groups excluding carboxylic acids is 4. The van der Waals surface area contributed by atoms with Gasteiger partial charge in [0.2, 0.25) is 11.8 Å². The maximum Gasteiger partial charge on any atom is 0.269 e. The fourth-order valence-corrected chi connectivity index (χ4v) is 3.12. The van der Waals surface area contributed by atoms with Crippen molar-refractivity contribution in [2.75, 3.05) is 14.2 Å². The lowest BCUT2D eigenvalue weighted by molar-refractivity contribution is -0.122. The van der Waals surface area contributed by atoms with Gasteiger partial charge in [0.15, 0.2) is 0 Å². The van der Waals surface area contributed by atoms with E-state index in [2.05, 4.69) is 21.7 Å². The van der Waals surface area contributed by atoms with Gasteiger partial charge in [-0.2, -0.15) is 0 Å². The lowest BCUT2D eigenvalue weighted by Crippen LogP contribution is -2.43. The molecule has 3 aromatic rings. The second kappa shape index (κ2) is 12.6. The van der Waals surface area contributed by atoms with Crippen LogP contribution in [0.5, 0.6) is 11.5 Å². The molecule has 4 N–H and O–H groups in total. The zero-order valence-corrected chi connectivity index (χ0v) is 19.8. The van der Waals surface area contributed by atoms with E-state index in [0.717, 1.165) is 11.1 Å². The average molecular weight is 491 g/mol. The summed E-state index contributed by atoms with van der Waals surface area (Å²) in [6.45, 7) is 0. The van der Waals surface area contributed by atoms with Gasteiger partial charge in [-0.1, -0.05) is 24.3 Å². The number of carbonyl (C=O) groups is 4. The third-order valence-electron chi connectivity index (χ3n) is 5.09. The summed E-state index contributed by atoms with van der Waals surface area (Å²) < 4.78 is 10.1. The van der Waals surface area contributed by atoms with Gasteiger partial charge in [0.1, 0.15) is 11.5 Å². The minimum atomic E-state index is -0.544. The molecule has 0 unspecified atom stereocenters. The predicted octanol–water partition coefficient (Wildman–Crippen LogP) is 1.71. The molecule has 0 heterocycles. The van der Waals surface area contributed by atoms with Crippen molar-refractivity contribution < 1.29 is 28.7 Å². The molecule has 0 aliphatic carbocycles. The van der Waals surface area contributed by atoms with E-state index in [-0.39, 0.29) is 24.0 Å². The van der Waals surface area contributed by atoms with E-state index in [1.807, 2.05) is 0 Å². The van der Waals surface area contributed by atoms with Crippen LogP contribution in [0.15, 0.2) is 72.8 Å². The number of benzene rings is 3. The first kappa shape index (κ1) is 25.8. The van der Waals surface area contributed by atoms with E-state index in [1.165, 1.54) is 24.3 Å². The first-order chi connectivity index (χ1) is 17.4. The van der Waals surface area contributed by atoms with Crippen LogP contribution in [-0.2, 0) is 22.4 Å². The highest BCUT2D eigenvalue weighted by Gasteiger charge is 2.12. The number of rotatable bonds is 8. The van der Waals surface area contributed by atoms with Crippen molar-refractivity contribution in [3.8, 4) is 11.5 Å². The smallest absolute Gasteiger partial charge is 0.269 e. The molecule has 0 fully saturated rings. The first-order valence-electron chi connectivity index (χ1n) is 10.9. The average Bonchev–Trinajstić information content (AvgIpc) is 2.91. The lowest BCUT2D eigenvalue weighted by Gasteiger charge is -2.10. The summed E-state index contributed by atoms with van der Waals surface area (Å²) in [5.74, 6) is -0.512. The van der Waals surface area contributed by atoms with E-state index in [0.29, 0.717) is 11.5 Å². The van der Waals surface area contributed by atoms with Gasteiger partial charge in [-0.3, -0.25) is 40.9 Å². The van der Waals surface area contributed by atoms with E-state index in [9.17, 15) is 19.2 Å². The van der Waals surface area contributed by atoms with E-state index in [1.54, 1.807) is 62.8 Å². The molecule has 10 heteroatoms. The quantitative estimate of drug-likeness (QED) is 0.355. The highest BCUT2D eigenvalue weighted by atomic mass is 16.5. The highest BCUT2D eigenvalue weighted by molar-refractivity contribution is 5.99. The molecule has 0 aliphatic rings. The molecular weight excluding hydrogens is 464 g/mol. The van der Waals surface area contributed by atoms with Crippen LogP contribution < -0.4 is 31.2 Å². The summed E-state index contributed by atoms with van der Waals surface area (Å²) in [6.07, 6.45) is 0.154. The van der Waals surface area contributed by atoms with Gasteiger partial charge in [0.25, 0.3) is 11.8 Å². The van der Waals surface area contributed by atoms with Crippen LogP contribution in [0.4, 0.5) is 0 Å². The molecule has 10 nitrogen and oxygen atoms in total. The van der Waals surface area contributed by atoms with Crippen LogP contribution in [0.25, 0.3) is 0 Å². The monoisotopic (exact) mass is 490 g/mol. The van der Waals surface area contributed by atoms with Gasteiger partial charge in [0, 0.05) is 11.1 Å². The van der Waals surface area contributed by atoms with Crippen LogP contribution in [0.3, 0.4) is 0 Å². The molecule has 0 aromatic heterocycles. The zero-order chi connectivity index (χ0) is 25.9. The normalized spacial score (nSPS) is 10.1. The van der Waals surface area contributed by atoms with Gasteiger partial charge < -0.3 is 9.47 Å². The maximum atomic E-state index is 12.3. The summed E-state index contributed by atoms with van der Waals surface area (Å²) in [7, 11) is 3.11. The summed E-state index contributed by atoms with van der Waals surface area (Å²) in [4.78, 5) is 48.7. The second-order valence-electron chi connectivity index (χ2n) is 7.63. The van der Waals surface area contributed by atoms with Gasteiger partial charge >= 0.3 is 0 Å². The molecule has 186 valence electrons. The molecule has 0 atom stereocenters. The number of hydrazine groups is 2.